The van der Waals surface area contributed by atoms with Gasteiger partial charge in [-0.05, 0) is 44.4 Å². The van der Waals surface area contributed by atoms with Gasteiger partial charge in [-0.1, -0.05) is 38.7 Å². The van der Waals surface area contributed by atoms with Crippen LogP contribution in [0.4, 0.5) is 5.69 Å². The van der Waals surface area contributed by atoms with E-state index in [0.717, 1.165) is 24.1 Å². The van der Waals surface area contributed by atoms with Gasteiger partial charge in [-0.2, -0.15) is 0 Å². The van der Waals surface area contributed by atoms with Crippen LogP contribution in [0.2, 0.25) is 0 Å². The first-order valence-electron chi connectivity index (χ1n) is 8.36. The topological polar surface area (TPSA) is 41.1 Å². The van der Waals surface area contributed by atoms with Crippen LogP contribution in [0.1, 0.15) is 69.2 Å². The molecule has 1 aliphatic rings. The number of nitrogens with one attached hydrogen (secondary N) is 2. The minimum atomic E-state index is 0.0525. The third-order valence-electron chi connectivity index (χ3n) is 3.94. The standard InChI is InChI=1S/C18H28N2O/c1-3-4-5-6-8-14(2)19-17-10-7-9-15(13-17)18(21)20-16-11-12-16/h7,9-10,13-14,16,19H,3-6,8,11-12H2,1-2H3,(H,20,21). The van der Waals surface area contributed by atoms with E-state index >= 15 is 0 Å². The van der Waals surface area contributed by atoms with E-state index in [1.165, 1.54) is 32.1 Å². The van der Waals surface area contributed by atoms with Gasteiger partial charge in [0.1, 0.15) is 0 Å². The Hall–Kier alpha value is -1.51. The number of amides is 1. The molecule has 2 rings (SSSR count). The van der Waals surface area contributed by atoms with Gasteiger partial charge in [0.2, 0.25) is 0 Å². The van der Waals surface area contributed by atoms with Crippen LogP contribution in [0.25, 0.3) is 0 Å². The predicted molar refractivity (Wildman–Crippen MR) is 88.8 cm³/mol. The zero-order valence-corrected chi connectivity index (χ0v) is 13.3. The second kappa shape index (κ2) is 8.06. The number of benzene rings is 1. The van der Waals surface area contributed by atoms with Gasteiger partial charge in [-0.25, -0.2) is 0 Å². The maximum atomic E-state index is 12.0. The molecule has 0 bridgehead atoms. The monoisotopic (exact) mass is 288 g/mol. The maximum absolute atomic E-state index is 12.0. The molecule has 0 heterocycles. The molecule has 0 radical (unpaired) electrons. The highest BCUT2D eigenvalue weighted by molar-refractivity contribution is 5.95. The van der Waals surface area contributed by atoms with Crippen molar-refractivity contribution in [2.24, 2.45) is 0 Å². The van der Waals surface area contributed by atoms with Crippen molar-refractivity contribution in [3.63, 3.8) is 0 Å². The summed E-state index contributed by atoms with van der Waals surface area (Å²) in [6.07, 6.45) is 8.61. The van der Waals surface area contributed by atoms with Gasteiger partial charge >= 0.3 is 0 Å². The molecule has 0 aromatic heterocycles. The van der Waals surface area contributed by atoms with Gasteiger partial charge in [0, 0.05) is 23.3 Å². The second-order valence-electron chi connectivity index (χ2n) is 6.22. The number of hydrogen-bond acceptors (Lipinski definition) is 2. The third-order valence-corrected chi connectivity index (χ3v) is 3.94. The van der Waals surface area contributed by atoms with Crippen LogP contribution in [-0.4, -0.2) is 18.0 Å². The first-order chi connectivity index (χ1) is 10.2. The highest BCUT2D eigenvalue weighted by atomic mass is 16.1. The lowest BCUT2D eigenvalue weighted by molar-refractivity contribution is 0.0951. The molecule has 21 heavy (non-hydrogen) atoms. The normalized spacial score (nSPS) is 15.5. The molecule has 1 fully saturated rings. The minimum absolute atomic E-state index is 0.0525. The third kappa shape index (κ3) is 5.78. The van der Waals surface area contributed by atoms with Gasteiger partial charge in [0.05, 0.1) is 0 Å². The molecule has 116 valence electrons. The summed E-state index contributed by atoms with van der Waals surface area (Å²) in [7, 11) is 0. The fourth-order valence-corrected chi connectivity index (χ4v) is 2.48. The Bertz CT molecular complexity index is 454. The molecule has 0 aliphatic heterocycles. The van der Waals surface area contributed by atoms with Gasteiger partial charge in [-0.15, -0.1) is 0 Å². The summed E-state index contributed by atoms with van der Waals surface area (Å²) < 4.78 is 0. The fraction of sp³-hybridized carbons (Fsp3) is 0.611. The SMILES string of the molecule is CCCCCCC(C)Nc1cccc(C(=O)NC2CC2)c1. The zero-order chi connectivity index (χ0) is 15.1. The van der Waals surface area contributed by atoms with Crippen LogP contribution < -0.4 is 10.6 Å². The Morgan fingerprint density at radius 3 is 2.81 bits per heavy atom. The van der Waals surface area contributed by atoms with Gasteiger partial charge < -0.3 is 10.6 Å². The van der Waals surface area contributed by atoms with E-state index in [1.807, 2.05) is 24.3 Å². The van der Waals surface area contributed by atoms with E-state index in [1.54, 1.807) is 0 Å². The Morgan fingerprint density at radius 1 is 1.29 bits per heavy atom. The number of carbonyl (C=O) groups excluding carboxylic acids is 1. The van der Waals surface area contributed by atoms with Crippen LogP contribution in [-0.2, 0) is 0 Å². The lowest BCUT2D eigenvalue weighted by atomic mass is 10.1. The predicted octanol–water partition coefficient (Wildman–Crippen LogP) is 4.35. The lowest BCUT2D eigenvalue weighted by Crippen LogP contribution is -2.25. The zero-order valence-electron chi connectivity index (χ0n) is 13.3. The van der Waals surface area contributed by atoms with Crippen molar-refractivity contribution in [2.75, 3.05) is 5.32 Å². The van der Waals surface area contributed by atoms with Crippen LogP contribution in [0.5, 0.6) is 0 Å². The summed E-state index contributed by atoms with van der Waals surface area (Å²) in [6.45, 7) is 4.45. The number of carbonyl (C=O) groups is 1. The highest BCUT2D eigenvalue weighted by Crippen LogP contribution is 2.20. The number of unbranched alkanes of at least 4 members (excludes halogenated alkanes) is 3. The Balaban J connectivity index is 1.80. The molecule has 3 nitrogen and oxygen atoms in total. The van der Waals surface area contributed by atoms with E-state index in [2.05, 4.69) is 24.5 Å². The van der Waals surface area contributed by atoms with E-state index in [4.69, 9.17) is 0 Å². The summed E-state index contributed by atoms with van der Waals surface area (Å²) in [5.74, 6) is 0.0525. The lowest BCUT2D eigenvalue weighted by Gasteiger charge is -2.16. The first-order valence-corrected chi connectivity index (χ1v) is 8.36. The van der Waals surface area contributed by atoms with Crippen molar-refractivity contribution in [3.05, 3.63) is 29.8 Å². The average Bonchev–Trinajstić information content (AvgIpc) is 3.28. The summed E-state index contributed by atoms with van der Waals surface area (Å²) >= 11 is 0. The van der Waals surface area contributed by atoms with E-state index < -0.39 is 0 Å². The molecule has 0 spiro atoms. The van der Waals surface area contributed by atoms with Crippen molar-refractivity contribution in [1.82, 2.24) is 5.32 Å². The van der Waals surface area contributed by atoms with Gasteiger partial charge in [0.15, 0.2) is 0 Å². The van der Waals surface area contributed by atoms with Crippen molar-refractivity contribution >= 4 is 11.6 Å². The van der Waals surface area contributed by atoms with Crippen molar-refractivity contribution in [1.29, 1.82) is 0 Å². The molecular weight excluding hydrogens is 260 g/mol. The van der Waals surface area contributed by atoms with Gasteiger partial charge in [-0.3, -0.25) is 4.79 Å². The van der Waals surface area contributed by atoms with E-state index in [0.29, 0.717) is 12.1 Å². The van der Waals surface area contributed by atoms with Crippen molar-refractivity contribution in [3.8, 4) is 0 Å². The van der Waals surface area contributed by atoms with E-state index in [-0.39, 0.29) is 5.91 Å². The Kier molecular flexibility index (Phi) is 6.09. The molecule has 1 aromatic rings. The van der Waals surface area contributed by atoms with Crippen molar-refractivity contribution < 1.29 is 4.79 Å². The Labute approximate surface area is 128 Å². The molecule has 1 aliphatic carbocycles. The number of rotatable bonds is 9. The summed E-state index contributed by atoms with van der Waals surface area (Å²) in [4.78, 5) is 12.0. The summed E-state index contributed by atoms with van der Waals surface area (Å²) in [5, 5.41) is 6.54. The molecule has 1 saturated carbocycles. The quantitative estimate of drug-likeness (QED) is 0.663. The molecule has 3 heteroatoms. The first kappa shape index (κ1) is 15.9. The largest absolute Gasteiger partial charge is 0.383 e. The number of hydrogen-bond donors (Lipinski definition) is 2. The van der Waals surface area contributed by atoms with Crippen LogP contribution in [0.3, 0.4) is 0 Å². The van der Waals surface area contributed by atoms with Crippen LogP contribution >= 0.6 is 0 Å². The number of anilines is 1. The summed E-state index contributed by atoms with van der Waals surface area (Å²) in [5.41, 5.74) is 1.80. The molecule has 1 aromatic carbocycles. The molecule has 1 unspecified atom stereocenters. The van der Waals surface area contributed by atoms with E-state index in [9.17, 15) is 4.79 Å². The Morgan fingerprint density at radius 2 is 2.10 bits per heavy atom. The van der Waals surface area contributed by atoms with Crippen LogP contribution in [0.15, 0.2) is 24.3 Å². The molecule has 2 N–H and O–H groups in total. The van der Waals surface area contributed by atoms with Gasteiger partial charge in [0.25, 0.3) is 5.91 Å². The maximum Gasteiger partial charge on any atom is 0.251 e. The average molecular weight is 288 g/mol. The molecule has 0 saturated heterocycles. The molecule has 1 atom stereocenters. The molecule has 1 amide bonds. The van der Waals surface area contributed by atoms with Crippen molar-refractivity contribution in [2.45, 2.75) is 70.9 Å². The van der Waals surface area contributed by atoms with Crippen LogP contribution in [0, 0.1) is 0 Å². The highest BCUT2D eigenvalue weighted by Gasteiger charge is 2.23. The second-order valence-corrected chi connectivity index (χ2v) is 6.22. The molecular formula is C18H28N2O. The minimum Gasteiger partial charge on any atom is -0.383 e. The summed E-state index contributed by atoms with van der Waals surface area (Å²) in [6, 6.07) is 8.69. The smallest absolute Gasteiger partial charge is 0.251 e. The fourth-order valence-electron chi connectivity index (χ4n) is 2.48.